The van der Waals surface area contributed by atoms with Gasteiger partial charge < -0.3 is 11.1 Å². The van der Waals surface area contributed by atoms with E-state index in [0.717, 1.165) is 11.3 Å². The average molecular weight is 258 g/mol. The number of thiocarbonyl (C=S) groups is 1. The van der Waals surface area contributed by atoms with Crippen molar-refractivity contribution in [3.05, 3.63) is 47.2 Å². The molecule has 0 fully saturated rings. The van der Waals surface area contributed by atoms with Crippen LogP contribution < -0.4 is 11.1 Å². The van der Waals surface area contributed by atoms with Gasteiger partial charge in [0.2, 0.25) is 0 Å². The number of anilines is 2. The minimum atomic E-state index is 0.303. The van der Waals surface area contributed by atoms with Gasteiger partial charge in [-0.1, -0.05) is 24.4 Å². The lowest BCUT2D eigenvalue weighted by Gasteiger charge is -2.12. The van der Waals surface area contributed by atoms with Crippen LogP contribution >= 0.6 is 12.2 Å². The van der Waals surface area contributed by atoms with E-state index in [0.29, 0.717) is 16.4 Å². The molecule has 4 nitrogen and oxygen atoms in total. The van der Waals surface area contributed by atoms with Gasteiger partial charge in [-0.25, -0.2) is 0 Å². The number of nitrogens with one attached hydrogen (secondary N) is 1. The number of aromatic nitrogens is 2. The van der Waals surface area contributed by atoms with Crippen LogP contribution in [0, 0.1) is 13.8 Å². The Morgan fingerprint density at radius 1 is 1.28 bits per heavy atom. The number of nitrogens with two attached hydrogens (primary N) is 1. The van der Waals surface area contributed by atoms with Gasteiger partial charge in [0.1, 0.15) is 4.99 Å². The van der Waals surface area contributed by atoms with E-state index in [1.54, 1.807) is 12.3 Å². The van der Waals surface area contributed by atoms with E-state index in [1.807, 2.05) is 12.1 Å². The molecule has 0 unspecified atom stereocenters. The molecule has 0 amide bonds. The Labute approximate surface area is 111 Å². The zero-order chi connectivity index (χ0) is 13.1. The number of hydrogen-bond acceptors (Lipinski definition) is 4. The highest BCUT2D eigenvalue weighted by molar-refractivity contribution is 7.80. The second-order valence-electron chi connectivity index (χ2n) is 4.03. The molecule has 1 aromatic heterocycles. The molecule has 0 saturated carbocycles. The van der Waals surface area contributed by atoms with Gasteiger partial charge in [0.05, 0.1) is 11.8 Å². The summed E-state index contributed by atoms with van der Waals surface area (Å²) in [5.74, 6) is 0.582. The standard InChI is InChI=1S/C13H14N4S/c1-8-4-3-5-11(9(8)2)16-13-10(12(14)18)6-7-15-17-13/h3-7H,1-2H3,(H2,14,18)(H,16,17). The molecule has 5 heteroatoms. The summed E-state index contributed by atoms with van der Waals surface area (Å²) in [7, 11) is 0. The maximum absolute atomic E-state index is 5.66. The third-order valence-electron chi connectivity index (χ3n) is 2.84. The number of nitrogens with zero attached hydrogens (tertiary/aromatic N) is 2. The average Bonchev–Trinajstić information content (AvgIpc) is 2.35. The maximum Gasteiger partial charge on any atom is 0.163 e. The van der Waals surface area contributed by atoms with Crippen molar-refractivity contribution < 1.29 is 0 Å². The Morgan fingerprint density at radius 3 is 2.78 bits per heavy atom. The lowest BCUT2D eigenvalue weighted by molar-refractivity contribution is 1.03. The Bertz CT molecular complexity index is 595. The Hall–Kier alpha value is -2.01. The number of benzene rings is 1. The lowest BCUT2D eigenvalue weighted by Crippen LogP contribution is -2.13. The number of hydrogen-bond donors (Lipinski definition) is 2. The van der Waals surface area contributed by atoms with Crippen LogP contribution in [0.25, 0.3) is 0 Å². The SMILES string of the molecule is Cc1cccc(Nc2nnccc2C(N)=S)c1C. The fourth-order valence-corrected chi connectivity index (χ4v) is 1.80. The van der Waals surface area contributed by atoms with E-state index in [2.05, 4.69) is 35.4 Å². The number of rotatable bonds is 3. The van der Waals surface area contributed by atoms with Crippen molar-refractivity contribution in [1.29, 1.82) is 0 Å². The van der Waals surface area contributed by atoms with Gasteiger partial charge in [-0.3, -0.25) is 0 Å². The first-order valence-corrected chi connectivity index (χ1v) is 5.95. The van der Waals surface area contributed by atoms with Crippen LogP contribution in [-0.2, 0) is 0 Å². The third-order valence-corrected chi connectivity index (χ3v) is 3.06. The van der Waals surface area contributed by atoms with Crippen molar-refractivity contribution in [1.82, 2.24) is 10.2 Å². The molecule has 3 N–H and O–H groups in total. The minimum Gasteiger partial charge on any atom is -0.389 e. The molecule has 2 rings (SSSR count). The van der Waals surface area contributed by atoms with Crippen LogP contribution in [0.1, 0.15) is 16.7 Å². The summed E-state index contributed by atoms with van der Waals surface area (Å²) in [6.07, 6.45) is 1.57. The molecule has 0 radical (unpaired) electrons. The van der Waals surface area contributed by atoms with E-state index in [-0.39, 0.29) is 0 Å². The molecule has 0 aliphatic carbocycles. The van der Waals surface area contributed by atoms with Crippen molar-refractivity contribution in [2.45, 2.75) is 13.8 Å². The van der Waals surface area contributed by atoms with Gasteiger partial charge >= 0.3 is 0 Å². The van der Waals surface area contributed by atoms with Crippen molar-refractivity contribution in [3.8, 4) is 0 Å². The van der Waals surface area contributed by atoms with Crippen molar-refractivity contribution in [2.24, 2.45) is 5.73 Å². The monoisotopic (exact) mass is 258 g/mol. The molecule has 1 aromatic carbocycles. The summed E-state index contributed by atoms with van der Waals surface area (Å²) >= 11 is 4.99. The highest BCUT2D eigenvalue weighted by Crippen LogP contribution is 2.23. The smallest absolute Gasteiger partial charge is 0.163 e. The van der Waals surface area contributed by atoms with E-state index in [1.165, 1.54) is 5.56 Å². The van der Waals surface area contributed by atoms with Gasteiger partial charge in [0.25, 0.3) is 0 Å². The van der Waals surface area contributed by atoms with Gasteiger partial charge in [0, 0.05) is 5.69 Å². The van der Waals surface area contributed by atoms with Crippen LogP contribution in [0.4, 0.5) is 11.5 Å². The second-order valence-corrected chi connectivity index (χ2v) is 4.47. The predicted octanol–water partition coefficient (Wildman–Crippen LogP) is 2.47. The Morgan fingerprint density at radius 2 is 2.06 bits per heavy atom. The first-order valence-electron chi connectivity index (χ1n) is 5.54. The lowest BCUT2D eigenvalue weighted by atomic mass is 10.1. The first-order chi connectivity index (χ1) is 8.59. The van der Waals surface area contributed by atoms with Crippen molar-refractivity contribution >= 4 is 28.7 Å². The fraction of sp³-hybridized carbons (Fsp3) is 0.154. The third kappa shape index (κ3) is 2.46. The zero-order valence-corrected chi connectivity index (χ0v) is 11.1. The van der Waals surface area contributed by atoms with E-state index < -0.39 is 0 Å². The van der Waals surface area contributed by atoms with E-state index >= 15 is 0 Å². The van der Waals surface area contributed by atoms with Gasteiger partial charge in [-0.05, 0) is 37.1 Å². The summed E-state index contributed by atoms with van der Waals surface area (Å²) in [5, 5.41) is 11.1. The summed E-state index contributed by atoms with van der Waals surface area (Å²) in [6, 6.07) is 7.79. The van der Waals surface area contributed by atoms with Crippen molar-refractivity contribution in [3.63, 3.8) is 0 Å². The van der Waals surface area contributed by atoms with Crippen LogP contribution in [0.5, 0.6) is 0 Å². The molecule has 0 spiro atoms. The van der Waals surface area contributed by atoms with Crippen LogP contribution in [0.2, 0.25) is 0 Å². The molecule has 1 heterocycles. The molecule has 2 aromatic rings. The molecular formula is C13H14N4S. The first kappa shape index (κ1) is 12.4. The van der Waals surface area contributed by atoms with Crippen LogP contribution in [0.15, 0.2) is 30.5 Å². The van der Waals surface area contributed by atoms with Gasteiger partial charge in [-0.2, -0.15) is 5.10 Å². The highest BCUT2D eigenvalue weighted by Gasteiger charge is 2.08. The highest BCUT2D eigenvalue weighted by atomic mass is 32.1. The van der Waals surface area contributed by atoms with Crippen LogP contribution in [-0.4, -0.2) is 15.2 Å². The number of aryl methyl sites for hydroxylation is 1. The normalized spacial score (nSPS) is 10.1. The van der Waals surface area contributed by atoms with Gasteiger partial charge in [0.15, 0.2) is 5.82 Å². The summed E-state index contributed by atoms with van der Waals surface area (Å²) in [4.78, 5) is 0.303. The fourth-order valence-electron chi connectivity index (χ4n) is 1.64. The minimum absolute atomic E-state index is 0.303. The quantitative estimate of drug-likeness (QED) is 0.828. The molecular weight excluding hydrogens is 244 g/mol. The topological polar surface area (TPSA) is 63.8 Å². The van der Waals surface area contributed by atoms with Gasteiger partial charge in [-0.15, -0.1) is 5.10 Å². The molecule has 0 aliphatic heterocycles. The van der Waals surface area contributed by atoms with E-state index in [4.69, 9.17) is 18.0 Å². The molecule has 18 heavy (non-hydrogen) atoms. The van der Waals surface area contributed by atoms with Crippen LogP contribution in [0.3, 0.4) is 0 Å². The summed E-state index contributed by atoms with van der Waals surface area (Å²) < 4.78 is 0. The van der Waals surface area contributed by atoms with E-state index in [9.17, 15) is 0 Å². The molecule has 0 saturated heterocycles. The largest absolute Gasteiger partial charge is 0.389 e. The maximum atomic E-state index is 5.66. The molecule has 0 bridgehead atoms. The molecule has 0 atom stereocenters. The summed E-state index contributed by atoms with van der Waals surface area (Å²) in [6.45, 7) is 4.11. The predicted molar refractivity (Wildman–Crippen MR) is 77.1 cm³/mol. The zero-order valence-electron chi connectivity index (χ0n) is 10.3. The van der Waals surface area contributed by atoms with Crippen molar-refractivity contribution in [2.75, 3.05) is 5.32 Å². The Kier molecular flexibility index (Phi) is 3.53. The summed E-state index contributed by atoms with van der Waals surface area (Å²) in [5.41, 5.74) is 9.71. The Balaban J connectivity index is 2.40. The molecule has 92 valence electrons. The second kappa shape index (κ2) is 5.10. The molecule has 0 aliphatic rings.